The predicted octanol–water partition coefficient (Wildman–Crippen LogP) is 1.60. The molecule has 0 amide bonds. The van der Waals surface area contributed by atoms with Gasteiger partial charge in [-0.2, -0.15) is 0 Å². The number of rotatable bonds is 2. The maximum atomic E-state index is 5.95. The molecule has 0 saturated heterocycles. The number of thioether (sulfide) groups is 1. The summed E-state index contributed by atoms with van der Waals surface area (Å²) in [5.41, 5.74) is 5.95. The number of hydrogen-bond donors (Lipinski definition) is 1. The highest BCUT2D eigenvalue weighted by Gasteiger charge is 2.32. The molecule has 0 aliphatic heterocycles. The summed E-state index contributed by atoms with van der Waals surface area (Å²) in [5, 5.41) is 8.98. The largest absolute Gasteiger partial charge is 0.416 e. The second kappa shape index (κ2) is 3.90. The molecule has 0 bridgehead atoms. The molecule has 1 aromatic rings. The fourth-order valence-corrected chi connectivity index (χ4v) is 2.97. The van der Waals surface area contributed by atoms with Crippen molar-refractivity contribution >= 4 is 11.8 Å². The summed E-state index contributed by atoms with van der Waals surface area (Å²) in [5.74, 6) is 1.16. The molecule has 3 atom stereocenters. The zero-order valence-electron chi connectivity index (χ0n) is 8.43. The van der Waals surface area contributed by atoms with Gasteiger partial charge in [-0.1, -0.05) is 18.7 Å². The van der Waals surface area contributed by atoms with Crippen molar-refractivity contribution in [3.8, 4) is 0 Å². The first-order valence-electron chi connectivity index (χ1n) is 4.89. The predicted molar refractivity (Wildman–Crippen MR) is 55.1 cm³/mol. The number of nitrogens with two attached hydrogens (primary N) is 1. The average Bonchev–Trinajstić information content (AvgIpc) is 2.67. The molecule has 0 radical (unpaired) electrons. The van der Waals surface area contributed by atoms with E-state index in [0.29, 0.717) is 28.3 Å². The molecule has 78 valence electrons. The Morgan fingerprint density at radius 1 is 1.43 bits per heavy atom. The highest BCUT2D eigenvalue weighted by atomic mass is 32.2. The normalized spacial score (nSPS) is 32.4. The van der Waals surface area contributed by atoms with E-state index >= 15 is 0 Å². The van der Waals surface area contributed by atoms with E-state index in [1.54, 1.807) is 18.7 Å². The minimum Gasteiger partial charge on any atom is -0.416 e. The van der Waals surface area contributed by atoms with Crippen molar-refractivity contribution in [3.05, 3.63) is 5.89 Å². The van der Waals surface area contributed by atoms with E-state index < -0.39 is 0 Å². The Morgan fingerprint density at radius 2 is 2.21 bits per heavy atom. The van der Waals surface area contributed by atoms with Gasteiger partial charge in [-0.15, -0.1) is 10.2 Å². The van der Waals surface area contributed by atoms with E-state index in [9.17, 15) is 0 Å². The van der Waals surface area contributed by atoms with Crippen LogP contribution in [-0.2, 0) is 0 Å². The SMILES string of the molecule is Cc1nnc(SC2CCC(N)C2C)o1. The quantitative estimate of drug-likeness (QED) is 0.808. The summed E-state index contributed by atoms with van der Waals surface area (Å²) >= 11 is 1.66. The van der Waals surface area contributed by atoms with Crippen molar-refractivity contribution in [1.29, 1.82) is 0 Å². The van der Waals surface area contributed by atoms with E-state index in [1.807, 2.05) is 0 Å². The van der Waals surface area contributed by atoms with E-state index in [2.05, 4.69) is 17.1 Å². The molecular formula is C9H15N3OS. The summed E-state index contributed by atoms with van der Waals surface area (Å²) < 4.78 is 5.33. The van der Waals surface area contributed by atoms with Gasteiger partial charge in [0.15, 0.2) is 0 Å². The van der Waals surface area contributed by atoms with Gasteiger partial charge >= 0.3 is 0 Å². The Morgan fingerprint density at radius 3 is 2.71 bits per heavy atom. The van der Waals surface area contributed by atoms with Gasteiger partial charge in [-0.3, -0.25) is 0 Å². The minimum atomic E-state index is 0.330. The zero-order valence-corrected chi connectivity index (χ0v) is 9.25. The maximum Gasteiger partial charge on any atom is 0.276 e. The number of hydrogen-bond acceptors (Lipinski definition) is 5. The molecule has 1 aliphatic carbocycles. The standard InChI is InChI=1S/C9H15N3OS/c1-5-7(10)3-4-8(5)14-9-12-11-6(2)13-9/h5,7-8H,3-4,10H2,1-2H3. The average molecular weight is 213 g/mol. The van der Waals surface area contributed by atoms with Gasteiger partial charge < -0.3 is 10.2 Å². The Hall–Kier alpha value is -0.550. The van der Waals surface area contributed by atoms with Gasteiger partial charge in [-0.25, -0.2) is 0 Å². The second-order valence-electron chi connectivity index (χ2n) is 3.84. The lowest BCUT2D eigenvalue weighted by atomic mass is 10.1. The van der Waals surface area contributed by atoms with Crippen LogP contribution in [0.1, 0.15) is 25.7 Å². The summed E-state index contributed by atoms with van der Waals surface area (Å²) in [7, 11) is 0. The van der Waals surface area contributed by atoms with Gasteiger partial charge in [0.2, 0.25) is 5.89 Å². The zero-order chi connectivity index (χ0) is 10.1. The first kappa shape index (κ1) is 9.98. The fraction of sp³-hybridized carbons (Fsp3) is 0.778. The van der Waals surface area contributed by atoms with Gasteiger partial charge in [-0.05, 0) is 18.8 Å². The van der Waals surface area contributed by atoms with Crippen LogP contribution in [0.3, 0.4) is 0 Å². The van der Waals surface area contributed by atoms with Gasteiger partial charge in [0.1, 0.15) is 0 Å². The molecule has 1 fully saturated rings. The Balaban J connectivity index is 1.98. The van der Waals surface area contributed by atoms with Crippen molar-refractivity contribution in [2.24, 2.45) is 11.7 Å². The van der Waals surface area contributed by atoms with Crippen LogP contribution < -0.4 is 5.73 Å². The van der Waals surface area contributed by atoms with Crippen molar-refractivity contribution in [3.63, 3.8) is 0 Å². The molecule has 1 aromatic heterocycles. The third kappa shape index (κ3) is 1.93. The Labute approximate surface area is 87.6 Å². The van der Waals surface area contributed by atoms with Gasteiger partial charge in [0, 0.05) is 18.2 Å². The van der Waals surface area contributed by atoms with E-state index in [0.717, 1.165) is 12.8 Å². The fourth-order valence-electron chi connectivity index (χ4n) is 1.78. The van der Waals surface area contributed by atoms with Crippen LogP contribution in [0.15, 0.2) is 9.64 Å². The molecule has 2 rings (SSSR count). The van der Waals surface area contributed by atoms with Crippen LogP contribution in [0.2, 0.25) is 0 Å². The smallest absolute Gasteiger partial charge is 0.276 e. The lowest BCUT2D eigenvalue weighted by Crippen LogP contribution is -2.25. The number of aromatic nitrogens is 2. The van der Waals surface area contributed by atoms with Crippen molar-refractivity contribution in [2.45, 2.75) is 43.2 Å². The molecule has 1 heterocycles. The molecule has 2 N–H and O–H groups in total. The van der Waals surface area contributed by atoms with Crippen LogP contribution in [0.25, 0.3) is 0 Å². The van der Waals surface area contributed by atoms with Crippen LogP contribution in [0.4, 0.5) is 0 Å². The van der Waals surface area contributed by atoms with Crippen LogP contribution >= 0.6 is 11.8 Å². The van der Waals surface area contributed by atoms with Crippen LogP contribution in [0, 0.1) is 12.8 Å². The molecule has 0 spiro atoms. The van der Waals surface area contributed by atoms with Gasteiger partial charge in [0.05, 0.1) is 0 Å². The Kier molecular flexibility index (Phi) is 2.78. The first-order valence-corrected chi connectivity index (χ1v) is 5.77. The molecule has 4 nitrogen and oxygen atoms in total. The Bertz CT molecular complexity index is 315. The summed E-state index contributed by atoms with van der Waals surface area (Å²) in [6.45, 7) is 4.00. The topological polar surface area (TPSA) is 64.9 Å². The van der Waals surface area contributed by atoms with Crippen molar-refractivity contribution in [1.82, 2.24) is 10.2 Å². The third-order valence-corrected chi connectivity index (χ3v) is 4.14. The van der Waals surface area contributed by atoms with E-state index in [-0.39, 0.29) is 0 Å². The minimum absolute atomic E-state index is 0.330. The highest BCUT2D eigenvalue weighted by Crippen LogP contribution is 2.37. The molecule has 14 heavy (non-hydrogen) atoms. The van der Waals surface area contributed by atoms with Crippen LogP contribution in [0.5, 0.6) is 0 Å². The second-order valence-corrected chi connectivity index (χ2v) is 5.03. The van der Waals surface area contributed by atoms with Crippen LogP contribution in [-0.4, -0.2) is 21.5 Å². The van der Waals surface area contributed by atoms with Crippen molar-refractivity contribution < 1.29 is 4.42 Å². The molecule has 1 aliphatic rings. The molecular weight excluding hydrogens is 198 g/mol. The first-order chi connectivity index (χ1) is 6.66. The lowest BCUT2D eigenvalue weighted by molar-refractivity contribution is 0.426. The third-order valence-electron chi connectivity index (χ3n) is 2.81. The highest BCUT2D eigenvalue weighted by molar-refractivity contribution is 7.99. The summed E-state index contributed by atoms with van der Waals surface area (Å²) in [6.07, 6.45) is 2.25. The maximum absolute atomic E-state index is 5.95. The summed E-state index contributed by atoms with van der Waals surface area (Å²) in [6, 6.07) is 0.330. The molecule has 0 aromatic carbocycles. The summed E-state index contributed by atoms with van der Waals surface area (Å²) in [4.78, 5) is 0. The van der Waals surface area contributed by atoms with E-state index in [1.165, 1.54) is 0 Å². The molecule has 3 unspecified atom stereocenters. The van der Waals surface area contributed by atoms with E-state index in [4.69, 9.17) is 10.2 Å². The molecule has 5 heteroatoms. The van der Waals surface area contributed by atoms with Crippen molar-refractivity contribution in [2.75, 3.05) is 0 Å². The van der Waals surface area contributed by atoms with Gasteiger partial charge in [0.25, 0.3) is 5.22 Å². The lowest BCUT2D eigenvalue weighted by Gasteiger charge is -2.14. The molecule has 1 saturated carbocycles. The number of nitrogens with zero attached hydrogens (tertiary/aromatic N) is 2. The number of aryl methyl sites for hydroxylation is 1. The monoisotopic (exact) mass is 213 g/mol.